The average Bonchev–Trinajstić information content (AvgIpc) is 3.46. The molecule has 0 saturated heterocycles. The molecule has 160 valence electrons. The Bertz CT molecular complexity index is 1380. The highest BCUT2D eigenvalue weighted by atomic mass is 16.4. The summed E-state index contributed by atoms with van der Waals surface area (Å²) in [7, 11) is 2.03. The van der Waals surface area contributed by atoms with Crippen LogP contribution < -0.4 is 5.69 Å². The molecule has 0 aliphatic heterocycles. The van der Waals surface area contributed by atoms with Crippen LogP contribution in [-0.2, 0) is 18.4 Å². The third-order valence-corrected chi connectivity index (χ3v) is 6.70. The van der Waals surface area contributed by atoms with Crippen molar-refractivity contribution in [1.29, 1.82) is 0 Å². The Hall–Kier alpha value is -3.28. The van der Waals surface area contributed by atoms with Crippen molar-refractivity contribution >= 4 is 27.9 Å². The molecule has 0 spiro atoms. The van der Waals surface area contributed by atoms with Gasteiger partial charge in [-0.05, 0) is 61.4 Å². The summed E-state index contributed by atoms with van der Waals surface area (Å²) in [6, 6.07) is 11.9. The number of rotatable bonds is 6. The molecule has 1 aliphatic carbocycles. The van der Waals surface area contributed by atoms with Crippen molar-refractivity contribution in [3.8, 4) is 0 Å². The molecule has 4 aromatic rings. The molecule has 1 fully saturated rings. The van der Waals surface area contributed by atoms with Crippen molar-refractivity contribution in [3.63, 3.8) is 0 Å². The summed E-state index contributed by atoms with van der Waals surface area (Å²) in [5.74, 6) is -0.602. The van der Waals surface area contributed by atoms with E-state index >= 15 is 0 Å². The minimum atomic E-state index is -0.858. The zero-order valence-corrected chi connectivity index (χ0v) is 18.1. The second kappa shape index (κ2) is 7.15. The van der Waals surface area contributed by atoms with E-state index in [0.717, 1.165) is 40.5 Å². The predicted octanol–water partition coefficient (Wildman–Crippen LogP) is 4.39. The summed E-state index contributed by atoms with van der Waals surface area (Å²) in [5.41, 5.74) is 6.03. The van der Waals surface area contributed by atoms with E-state index in [2.05, 4.69) is 35.9 Å². The SMILES string of the molecule is Cc1cccc2c1c(Cn1c(=O)n(C(CC(=O)O)C3CC3)c3c(C)cccc31)cn2C. The molecule has 1 N–H and O–H groups in total. The van der Waals surface area contributed by atoms with Crippen LogP contribution in [-0.4, -0.2) is 24.8 Å². The molecule has 2 heterocycles. The van der Waals surface area contributed by atoms with E-state index in [1.165, 1.54) is 10.9 Å². The number of benzene rings is 2. The summed E-state index contributed by atoms with van der Waals surface area (Å²) in [6.45, 7) is 4.55. The van der Waals surface area contributed by atoms with Gasteiger partial charge in [-0.15, -0.1) is 0 Å². The maximum absolute atomic E-state index is 13.8. The largest absolute Gasteiger partial charge is 0.481 e. The number of aliphatic carboxylic acids is 1. The lowest BCUT2D eigenvalue weighted by molar-refractivity contribution is -0.138. The smallest absolute Gasteiger partial charge is 0.329 e. The second-order valence-corrected chi connectivity index (χ2v) is 8.92. The van der Waals surface area contributed by atoms with Crippen LogP contribution in [0, 0.1) is 19.8 Å². The zero-order valence-electron chi connectivity index (χ0n) is 18.1. The van der Waals surface area contributed by atoms with Crippen LogP contribution in [0.25, 0.3) is 21.9 Å². The van der Waals surface area contributed by atoms with Crippen molar-refractivity contribution in [3.05, 3.63) is 69.8 Å². The van der Waals surface area contributed by atoms with E-state index < -0.39 is 5.97 Å². The fraction of sp³-hybridized carbons (Fsp3) is 0.360. The Kier molecular flexibility index (Phi) is 4.54. The van der Waals surface area contributed by atoms with E-state index in [0.29, 0.717) is 6.54 Å². The molecule has 1 unspecified atom stereocenters. The van der Waals surface area contributed by atoms with Crippen LogP contribution in [0.1, 0.15) is 42.0 Å². The monoisotopic (exact) mass is 417 g/mol. The number of para-hydroxylation sites is 1. The Balaban J connectivity index is 1.73. The maximum atomic E-state index is 13.8. The number of aromatic nitrogens is 3. The molecule has 0 amide bonds. The third kappa shape index (κ3) is 3.17. The number of imidazole rings is 1. The van der Waals surface area contributed by atoms with Gasteiger partial charge in [0.05, 0.1) is 30.0 Å². The number of carboxylic acids is 1. The second-order valence-electron chi connectivity index (χ2n) is 8.92. The first kappa shape index (κ1) is 19.7. The lowest BCUT2D eigenvalue weighted by Crippen LogP contribution is -2.30. The zero-order chi connectivity index (χ0) is 21.9. The Labute approximate surface area is 180 Å². The van der Waals surface area contributed by atoms with Crippen molar-refractivity contribution < 1.29 is 9.90 Å². The standard InChI is InChI=1S/C25H27N3O3/c1-15-6-4-8-19-23(15)18(13-26(19)3)14-27-20-9-5-7-16(2)24(20)28(25(27)31)21(12-22(29)30)17-10-11-17/h4-9,13,17,21H,10-12,14H2,1-3H3,(H,29,30). The first-order valence-electron chi connectivity index (χ1n) is 10.8. The van der Waals surface area contributed by atoms with Gasteiger partial charge >= 0.3 is 11.7 Å². The molecule has 6 nitrogen and oxygen atoms in total. The number of hydrogen-bond donors (Lipinski definition) is 1. The average molecular weight is 418 g/mol. The normalized spacial score (nSPS) is 15.1. The fourth-order valence-electron chi connectivity index (χ4n) is 5.11. The predicted molar refractivity (Wildman–Crippen MR) is 122 cm³/mol. The first-order valence-corrected chi connectivity index (χ1v) is 10.8. The quantitative estimate of drug-likeness (QED) is 0.506. The Morgan fingerprint density at radius 2 is 1.77 bits per heavy atom. The van der Waals surface area contributed by atoms with Crippen molar-refractivity contribution in [2.24, 2.45) is 13.0 Å². The van der Waals surface area contributed by atoms with Gasteiger partial charge in [-0.3, -0.25) is 13.9 Å². The topological polar surface area (TPSA) is 69.2 Å². The third-order valence-electron chi connectivity index (χ3n) is 6.70. The number of nitrogens with zero attached hydrogens (tertiary/aromatic N) is 3. The number of fused-ring (bicyclic) bond motifs is 2. The molecule has 2 aromatic carbocycles. The van der Waals surface area contributed by atoms with Crippen molar-refractivity contribution in [2.45, 2.75) is 45.7 Å². The summed E-state index contributed by atoms with van der Waals surface area (Å²) >= 11 is 0. The fourth-order valence-corrected chi connectivity index (χ4v) is 5.11. The highest BCUT2D eigenvalue weighted by Crippen LogP contribution is 2.42. The molecular formula is C25H27N3O3. The lowest BCUT2D eigenvalue weighted by atomic mass is 10.1. The summed E-state index contributed by atoms with van der Waals surface area (Å²) in [6.07, 6.45) is 4.03. The molecule has 6 heteroatoms. The Morgan fingerprint density at radius 3 is 2.45 bits per heavy atom. The van der Waals surface area contributed by atoms with Gasteiger partial charge in [0.15, 0.2) is 0 Å². The van der Waals surface area contributed by atoms with Crippen molar-refractivity contribution in [2.75, 3.05) is 0 Å². The van der Waals surface area contributed by atoms with E-state index in [-0.39, 0.29) is 24.1 Å². The van der Waals surface area contributed by atoms with Crippen molar-refractivity contribution in [1.82, 2.24) is 13.7 Å². The van der Waals surface area contributed by atoms with Gasteiger partial charge in [0.2, 0.25) is 0 Å². The molecule has 0 radical (unpaired) electrons. The minimum Gasteiger partial charge on any atom is -0.481 e. The first-order chi connectivity index (χ1) is 14.9. The van der Waals surface area contributed by atoms with Crippen LogP contribution in [0.2, 0.25) is 0 Å². The highest BCUT2D eigenvalue weighted by molar-refractivity contribution is 5.87. The van der Waals surface area contributed by atoms with Crippen LogP contribution in [0.15, 0.2) is 47.4 Å². The van der Waals surface area contributed by atoms with Gasteiger partial charge in [0, 0.05) is 24.1 Å². The molecule has 1 aliphatic rings. The van der Waals surface area contributed by atoms with E-state index in [1.807, 2.05) is 36.7 Å². The number of carbonyl (C=O) groups is 1. The molecular weight excluding hydrogens is 390 g/mol. The van der Waals surface area contributed by atoms with E-state index in [4.69, 9.17) is 0 Å². The summed E-state index contributed by atoms with van der Waals surface area (Å²) < 4.78 is 5.69. The lowest BCUT2D eigenvalue weighted by Gasteiger charge is -2.17. The summed E-state index contributed by atoms with van der Waals surface area (Å²) in [5, 5.41) is 10.7. The van der Waals surface area contributed by atoms with Crippen LogP contribution in [0.4, 0.5) is 0 Å². The van der Waals surface area contributed by atoms with E-state index in [1.54, 1.807) is 4.57 Å². The van der Waals surface area contributed by atoms with E-state index in [9.17, 15) is 14.7 Å². The molecule has 5 rings (SSSR count). The van der Waals surface area contributed by atoms with Crippen LogP contribution in [0.5, 0.6) is 0 Å². The number of hydrogen-bond acceptors (Lipinski definition) is 2. The van der Waals surface area contributed by atoms with Gasteiger partial charge < -0.3 is 9.67 Å². The minimum absolute atomic E-state index is 0.0224. The molecule has 1 atom stereocenters. The molecule has 31 heavy (non-hydrogen) atoms. The van der Waals surface area contributed by atoms with Gasteiger partial charge in [-0.2, -0.15) is 0 Å². The maximum Gasteiger partial charge on any atom is 0.329 e. The molecule has 2 aromatic heterocycles. The van der Waals surface area contributed by atoms with Crippen LogP contribution in [0.3, 0.4) is 0 Å². The Morgan fingerprint density at radius 1 is 1.10 bits per heavy atom. The molecule has 0 bridgehead atoms. The number of aryl methyl sites for hydroxylation is 3. The summed E-state index contributed by atoms with van der Waals surface area (Å²) in [4.78, 5) is 25.4. The van der Waals surface area contributed by atoms with Gasteiger partial charge in [0.1, 0.15) is 0 Å². The molecule has 1 saturated carbocycles. The highest BCUT2D eigenvalue weighted by Gasteiger charge is 2.36. The van der Waals surface area contributed by atoms with Gasteiger partial charge in [0.25, 0.3) is 0 Å². The van der Waals surface area contributed by atoms with Crippen LogP contribution >= 0.6 is 0 Å². The van der Waals surface area contributed by atoms with Gasteiger partial charge in [-0.25, -0.2) is 4.79 Å². The number of carboxylic acid groups (broad SMARTS) is 1. The van der Waals surface area contributed by atoms with Gasteiger partial charge in [-0.1, -0.05) is 24.3 Å².